The molecule has 0 bridgehead atoms. The molecule has 3 rings (SSSR count). The zero-order chi connectivity index (χ0) is 19.1. The normalized spacial score (nSPS) is 10.6. The molecule has 2 N–H and O–H groups in total. The van der Waals surface area contributed by atoms with Crippen molar-refractivity contribution in [2.24, 2.45) is 0 Å². The molecule has 0 aliphatic heterocycles. The number of hydrogen-bond acceptors (Lipinski definition) is 2. The van der Waals surface area contributed by atoms with Crippen LogP contribution < -0.4 is 10.6 Å². The first-order valence-corrected chi connectivity index (χ1v) is 10.0. The molecule has 140 valence electrons. The molecule has 3 aromatic rings. The smallest absolute Gasteiger partial charge is 0.0420 e. The Morgan fingerprint density at radius 2 is 1.11 bits per heavy atom. The van der Waals surface area contributed by atoms with Gasteiger partial charge in [0.15, 0.2) is 0 Å². The van der Waals surface area contributed by atoms with Crippen molar-refractivity contribution in [2.75, 3.05) is 23.7 Å². The van der Waals surface area contributed by atoms with Gasteiger partial charge in [0.2, 0.25) is 0 Å². The molecule has 0 heterocycles. The topological polar surface area (TPSA) is 24.1 Å². The van der Waals surface area contributed by atoms with Gasteiger partial charge < -0.3 is 10.6 Å². The average molecular weight is 359 g/mol. The largest absolute Gasteiger partial charge is 0.385 e. The summed E-state index contributed by atoms with van der Waals surface area (Å²) in [6, 6.07) is 23.9. The summed E-state index contributed by atoms with van der Waals surface area (Å²) in [6.45, 7) is 8.56. The van der Waals surface area contributed by atoms with Gasteiger partial charge in [-0.05, 0) is 48.6 Å². The summed E-state index contributed by atoms with van der Waals surface area (Å²) >= 11 is 0. The van der Waals surface area contributed by atoms with Gasteiger partial charge in [0.1, 0.15) is 0 Å². The minimum atomic E-state index is 0.979. The predicted octanol–water partition coefficient (Wildman–Crippen LogP) is 6.97. The Bertz CT molecular complexity index is 883. The van der Waals surface area contributed by atoms with E-state index in [1.165, 1.54) is 39.2 Å². The van der Waals surface area contributed by atoms with Gasteiger partial charge in [-0.15, -0.1) is 0 Å². The number of para-hydroxylation sites is 2. The molecular weight excluding hydrogens is 328 g/mol. The van der Waals surface area contributed by atoms with E-state index in [-0.39, 0.29) is 0 Å². The second-order valence-electron chi connectivity index (χ2n) is 6.94. The molecule has 2 heteroatoms. The maximum absolute atomic E-state index is 3.60. The van der Waals surface area contributed by atoms with E-state index in [1.54, 1.807) is 0 Å². The third-order valence-electron chi connectivity index (χ3n) is 4.82. The predicted molar refractivity (Wildman–Crippen MR) is 120 cm³/mol. The lowest BCUT2D eigenvalue weighted by atomic mass is 9.89. The van der Waals surface area contributed by atoms with Crippen LogP contribution in [0.25, 0.3) is 22.3 Å². The van der Waals surface area contributed by atoms with Crippen LogP contribution in [0.15, 0.2) is 66.7 Å². The summed E-state index contributed by atoms with van der Waals surface area (Å²) in [5.74, 6) is 0. The van der Waals surface area contributed by atoms with Crippen LogP contribution in [0.3, 0.4) is 0 Å². The van der Waals surface area contributed by atoms with Crippen LogP contribution in [-0.4, -0.2) is 13.1 Å². The van der Waals surface area contributed by atoms with Gasteiger partial charge in [-0.3, -0.25) is 0 Å². The molecule has 0 saturated carbocycles. The molecule has 0 aliphatic rings. The highest BCUT2D eigenvalue weighted by Gasteiger charge is 2.15. The van der Waals surface area contributed by atoms with E-state index in [0.717, 1.165) is 25.9 Å². The third kappa shape index (κ3) is 4.33. The van der Waals surface area contributed by atoms with Crippen LogP contribution >= 0.6 is 0 Å². The molecule has 27 heavy (non-hydrogen) atoms. The number of nitrogens with one attached hydrogen (secondary N) is 2. The lowest BCUT2D eigenvalue weighted by molar-refractivity contribution is 0.980. The van der Waals surface area contributed by atoms with E-state index in [9.17, 15) is 0 Å². The molecule has 2 nitrogen and oxygen atoms in total. The van der Waals surface area contributed by atoms with Crippen molar-refractivity contribution in [1.29, 1.82) is 0 Å². The summed E-state index contributed by atoms with van der Waals surface area (Å²) in [5.41, 5.74) is 8.81. The second kappa shape index (κ2) is 9.27. The van der Waals surface area contributed by atoms with E-state index >= 15 is 0 Å². The van der Waals surface area contributed by atoms with Gasteiger partial charge in [-0.1, -0.05) is 68.4 Å². The van der Waals surface area contributed by atoms with Crippen LogP contribution in [0, 0.1) is 6.92 Å². The van der Waals surface area contributed by atoms with Crippen molar-refractivity contribution in [3.63, 3.8) is 0 Å². The Hall–Kier alpha value is -2.74. The van der Waals surface area contributed by atoms with Crippen LogP contribution in [0.2, 0.25) is 0 Å². The summed E-state index contributed by atoms with van der Waals surface area (Å²) in [6.07, 6.45) is 2.22. The fourth-order valence-electron chi connectivity index (χ4n) is 3.50. The van der Waals surface area contributed by atoms with Crippen molar-refractivity contribution in [1.82, 2.24) is 0 Å². The Balaban J connectivity index is 2.16. The number of rotatable bonds is 8. The first-order chi connectivity index (χ1) is 13.3. The van der Waals surface area contributed by atoms with E-state index < -0.39 is 0 Å². The Labute approximate surface area is 163 Å². The number of aryl methyl sites for hydroxylation is 1. The average Bonchev–Trinajstić information content (AvgIpc) is 2.71. The van der Waals surface area contributed by atoms with Crippen LogP contribution in [0.1, 0.15) is 32.3 Å². The van der Waals surface area contributed by atoms with E-state index in [1.807, 2.05) is 0 Å². The van der Waals surface area contributed by atoms with Crippen LogP contribution in [-0.2, 0) is 0 Å². The van der Waals surface area contributed by atoms with Crippen molar-refractivity contribution < 1.29 is 0 Å². The summed E-state index contributed by atoms with van der Waals surface area (Å²) in [7, 11) is 0. The van der Waals surface area contributed by atoms with Gasteiger partial charge >= 0.3 is 0 Å². The van der Waals surface area contributed by atoms with Crippen molar-refractivity contribution in [2.45, 2.75) is 33.6 Å². The van der Waals surface area contributed by atoms with Crippen molar-refractivity contribution in [3.8, 4) is 22.3 Å². The van der Waals surface area contributed by atoms with Crippen molar-refractivity contribution >= 4 is 11.4 Å². The highest BCUT2D eigenvalue weighted by atomic mass is 14.9. The fraction of sp³-hybridized carbons (Fsp3) is 0.280. The van der Waals surface area contributed by atoms with E-state index in [4.69, 9.17) is 0 Å². The highest BCUT2D eigenvalue weighted by Crippen LogP contribution is 2.40. The first-order valence-electron chi connectivity index (χ1n) is 10.0. The fourth-order valence-corrected chi connectivity index (χ4v) is 3.50. The minimum Gasteiger partial charge on any atom is -0.385 e. The van der Waals surface area contributed by atoms with Gasteiger partial charge in [0.05, 0.1) is 0 Å². The summed E-state index contributed by atoms with van der Waals surface area (Å²) < 4.78 is 0. The first kappa shape index (κ1) is 19.0. The lowest BCUT2D eigenvalue weighted by Crippen LogP contribution is -2.03. The molecule has 0 atom stereocenters. The molecule has 0 aromatic heterocycles. The molecule has 0 radical (unpaired) electrons. The van der Waals surface area contributed by atoms with Crippen molar-refractivity contribution in [3.05, 3.63) is 72.3 Å². The monoisotopic (exact) mass is 358 g/mol. The molecule has 0 aliphatic carbocycles. The summed E-state index contributed by atoms with van der Waals surface area (Å²) in [4.78, 5) is 0. The SMILES string of the molecule is CCCNc1ccccc1-c1cccc(C)c1-c1ccccc1NCCC. The summed E-state index contributed by atoms with van der Waals surface area (Å²) in [5, 5.41) is 7.19. The highest BCUT2D eigenvalue weighted by molar-refractivity contribution is 5.94. The molecule has 0 unspecified atom stereocenters. The quantitative estimate of drug-likeness (QED) is 0.454. The standard InChI is InChI=1S/C25H30N2/c1-4-17-26-23-15-8-6-12-20(23)21-14-10-11-19(3)25(21)22-13-7-9-16-24(22)27-18-5-2/h6-16,26-27H,4-5,17-18H2,1-3H3. The molecule has 3 aromatic carbocycles. The maximum Gasteiger partial charge on any atom is 0.0420 e. The molecule has 0 fully saturated rings. The maximum atomic E-state index is 3.60. The van der Waals surface area contributed by atoms with Gasteiger partial charge in [0, 0.05) is 35.6 Å². The molecule has 0 saturated heterocycles. The zero-order valence-electron chi connectivity index (χ0n) is 16.7. The van der Waals surface area contributed by atoms with Gasteiger partial charge in [-0.2, -0.15) is 0 Å². The molecule has 0 amide bonds. The number of anilines is 2. The van der Waals surface area contributed by atoms with E-state index in [2.05, 4.69) is 98.1 Å². The number of benzene rings is 3. The minimum absolute atomic E-state index is 0.979. The third-order valence-corrected chi connectivity index (χ3v) is 4.82. The van der Waals surface area contributed by atoms with Gasteiger partial charge in [0.25, 0.3) is 0 Å². The van der Waals surface area contributed by atoms with Crippen LogP contribution in [0.5, 0.6) is 0 Å². The van der Waals surface area contributed by atoms with E-state index in [0.29, 0.717) is 0 Å². The number of hydrogen-bond donors (Lipinski definition) is 2. The second-order valence-corrected chi connectivity index (χ2v) is 6.94. The zero-order valence-corrected chi connectivity index (χ0v) is 16.7. The lowest BCUT2D eigenvalue weighted by Gasteiger charge is -2.19. The Kier molecular flexibility index (Phi) is 6.54. The van der Waals surface area contributed by atoms with Gasteiger partial charge in [-0.25, -0.2) is 0 Å². The van der Waals surface area contributed by atoms with Crippen LogP contribution in [0.4, 0.5) is 11.4 Å². The Morgan fingerprint density at radius 1 is 0.593 bits per heavy atom. The molecular formula is C25H30N2. The Morgan fingerprint density at radius 3 is 1.74 bits per heavy atom. The molecule has 0 spiro atoms.